The zero-order valence-electron chi connectivity index (χ0n) is 8.08. The Morgan fingerprint density at radius 2 is 1.83 bits per heavy atom. The maximum atomic E-state index is 11.5. The van der Waals surface area contributed by atoms with Crippen LogP contribution in [0.1, 0.15) is 33.6 Å². The van der Waals surface area contributed by atoms with E-state index in [9.17, 15) is 8.42 Å². The highest BCUT2D eigenvalue weighted by Gasteiger charge is 2.32. The normalized spacial score (nSPS) is 35.3. The fraction of sp³-hybridized carbons (Fsp3) is 1.00. The Kier molecular flexibility index (Phi) is 2.81. The summed E-state index contributed by atoms with van der Waals surface area (Å²) in [7, 11) is -2.76. The van der Waals surface area contributed by atoms with Gasteiger partial charge in [-0.3, -0.25) is 0 Å². The van der Waals surface area contributed by atoms with Crippen LogP contribution in [0.15, 0.2) is 0 Å². The van der Waals surface area contributed by atoms with Crippen LogP contribution in [0.5, 0.6) is 0 Å². The first-order valence-corrected chi connectivity index (χ1v) is 6.36. The SMILES string of the molecule is CC(C)C1CC[C@H](C)S(=O)(=O)C1. The molecule has 1 heterocycles. The van der Waals surface area contributed by atoms with Gasteiger partial charge in [0.25, 0.3) is 0 Å². The van der Waals surface area contributed by atoms with Crippen LogP contribution in [0.3, 0.4) is 0 Å². The average Bonchev–Trinajstić information content (AvgIpc) is 1.94. The molecule has 0 N–H and O–H groups in total. The van der Waals surface area contributed by atoms with Crippen LogP contribution in [0.25, 0.3) is 0 Å². The van der Waals surface area contributed by atoms with E-state index < -0.39 is 9.84 Å². The maximum Gasteiger partial charge on any atom is 0.153 e. The van der Waals surface area contributed by atoms with Crippen LogP contribution in [0.2, 0.25) is 0 Å². The van der Waals surface area contributed by atoms with Gasteiger partial charge in [-0.05, 0) is 31.6 Å². The average molecular weight is 190 g/mol. The number of sulfone groups is 1. The van der Waals surface area contributed by atoms with Gasteiger partial charge in [-0.25, -0.2) is 8.42 Å². The van der Waals surface area contributed by atoms with Gasteiger partial charge in [-0.1, -0.05) is 13.8 Å². The summed E-state index contributed by atoms with van der Waals surface area (Å²) in [5.41, 5.74) is 0. The molecule has 0 bridgehead atoms. The van der Waals surface area contributed by atoms with E-state index in [0.717, 1.165) is 12.8 Å². The molecule has 1 fully saturated rings. The van der Waals surface area contributed by atoms with Gasteiger partial charge in [0.05, 0.1) is 11.0 Å². The molecule has 0 aliphatic carbocycles. The third-order valence-corrected chi connectivity index (χ3v) is 5.30. The lowest BCUT2D eigenvalue weighted by atomic mass is 9.92. The molecule has 2 atom stereocenters. The van der Waals surface area contributed by atoms with E-state index >= 15 is 0 Å². The minimum absolute atomic E-state index is 0.104. The smallest absolute Gasteiger partial charge is 0.153 e. The summed E-state index contributed by atoms with van der Waals surface area (Å²) in [5, 5.41) is -0.104. The van der Waals surface area contributed by atoms with E-state index in [1.54, 1.807) is 0 Å². The Labute approximate surface area is 75.3 Å². The monoisotopic (exact) mass is 190 g/mol. The lowest BCUT2D eigenvalue weighted by Gasteiger charge is -2.28. The fourth-order valence-electron chi connectivity index (χ4n) is 1.70. The summed E-state index contributed by atoms with van der Waals surface area (Å²) in [5.74, 6) is 1.31. The van der Waals surface area contributed by atoms with Crippen molar-refractivity contribution in [3.8, 4) is 0 Å². The molecule has 1 rings (SSSR count). The Balaban J connectivity index is 2.70. The van der Waals surface area contributed by atoms with Crippen molar-refractivity contribution in [2.75, 3.05) is 5.75 Å². The van der Waals surface area contributed by atoms with E-state index in [0.29, 0.717) is 17.6 Å². The molecule has 0 aromatic carbocycles. The van der Waals surface area contributed by atoms with Crippen LogP contribution in [0.4, 0.5) is 0 Å². The molecule has 0 spiro atoms. The molecule has 0 saturated carbocycles. The molecule has 12 heavy (non-hydrogen) atoms. The van der Waals surface area contributed by atoms with Gasteiger partial charge in [0.1, 0.15) is 0 Å². The fourth-order valence-corrected chi connectivity index (χ4v) is 3.67. The van der Waals surface area contributed by atoms with Crippen molar-refractivity contribution in [3.05, 3.63) is 0 Å². The van der Waals surface area contributed by atoms with Crippen LogP contribution < -0.4 is 0 Å². The quantitative estimate of drug-likeness (QED) is 0.632. The van der Waals surface area contributed by atoms with Crippen LogP contribution in [0, 0.1) is 11.8 Å². The highest BCUT2D eigenvalue weighted by atomic mass is 32.2. The third kappa shape index (κ3) is 2.00. The Hall–Kier alpha value is -0.0500. The van der Waals surface area contributed by atoms with E-state index in [4.69, 9.17) is 0 Å². The molecule has 0 radical (unpaired) electrons. The molecule has 1 aliphatic heterocycles. The zero-order valence-corrected chi connectivity index (χ0v) is 8.89. The predicted octanol–water partition coefficient (Wildman–Crippen LogP) is 1.86. The van der Waals surface area contributed by atoms with E-state index in [1.165, 1.54) is 0 Å². The molecule has 3 heteroatoms. The second kappa shape index (κ2) is 3.36. The summed E-state index contributed by atoms with van der Waals surface area (Å²) in [6, 6.07) is 0. The van der Waals surface area contributed by atoms with Crippen molar-refractivity contribution >= 4 is 9.84 Å². The minimum Gasteiger partial charge on any atom is -0.229 e. The molecule has 0 amide bonds. The van der Waals surface area contributed by atoms with Gasteiger partial charge in [0, 0.05) is 0 Å². The van der Waals surface area contributed by atoms with Gasteiger partial charge < -0.3 is 0 Å². The molecule has 2 nitrogen and oxygen atoms in total. The third-order valence-electron chi connectivity index (χ3n) is 2.95. The van der Waals surface area contributed by atoms with Crippen molar-refractivity contribution in [2.24, 2.45) is 11.8 Å². The van der Waals surface area contributed by atoms with E-state index in [1.807, 2.05) is 6.92 Å². The Morgan fingerprint density at radius 3 is 2.25 bits per heavy atom. The van der Waals surface area contributed by atoms with Crippen molar-refractivity contribution in [1.82, 2.24) is 0 Å². The first-order chi connectivity index (χ1) is 5.43. The Bertz CT molecular complexity index is 241. The molecule has 1 saturated heterocycles. The second-order valence-electron chi connectivity index (χ2n) is 4.22. The summed E-state index contributed by atoms with van der Waals surface area (Å²) in [6.07, 6.45) is 1.93. The molecular weight excluding hydrogens is 172 g/mol. The van der Waals surface area contributed by atoms with Crippen molar-refractivity contribution in [3.63, 3.8) is 0 Å². The van der Waals surface area contributed by atoms with Gasteiger partial charge in [0.2, 0.25) is 0 Å². The molecule has 0 aromatic rings. The lowest BCUT2D eigenvalue weighted by molar-refractivity contribution is 0.363. The van der Waals surface area contributed by atoms with Crippen molar-refractivity contribution < 1.29 is 8.42 Å². The maximum absolute atomic E-state index is 11.5. The zero-order chi connectivity index (χ0) is 9.35. The lowest BCUT2D eigenvalue weighted by Crippen LogP contribution is -2.33. The summed E-state index contributed by atoms with van der Waals surface area (Å²) in [6.45, 7) is 6.04. The number of hydrogen-bond acceptors (Lipinski definition) is 2. The first-order valence-electron chi connectivity index (χ1n) is 4.65. The number of hydrogen-bond donors (Lipinski definition) is 0. The molecular formula is C9H18O2S. The molecule has 1 aliphatic rings. The van der Waals surface area contributed by atoms with Crippen LogP contribution in [-0.2, 0) is 9.84 Å². The van der Waals surface area contributed by atoms with E-state index in [2.05, 4.69) is 13.8 Å². The molecule has 1 unspecified atom stereocenters. The summed E-state index contributed by atoms with van der Waals surface area (Å²) >= 11 is 0. The second-order valence-corrected chi connectivity index (χ2v) is 6.69. The topological polar surface area (TPSA) is 34.1 Å². The highest BCUT2D eigenvalue weighted by Crippen LogP contribution is 2.28. The van der Waals surface area contributed by atoms with Crippen LogP contribution in [-0.4, -0.2) is 19.4 Å². The van der Waals surface area contributed by atoms with Crippen LogP contribution >= 0.6 is 0 Å². The van der Waals surface area contributed by atoms with Gasteiger partial charge in [0.15, 0.2) is 9.84 Å². The standard InChI is InChI=1S/C9H18O2S/c1-7(2)9-5-4-8(3)12(10,11)6-9/h7-9H,4-6H2,1-3H3/t8-,9?/m0/s1. The van der Waals surface area contributed by atoms with Gasteiger partial charge in [-0.2, -0.15) is 0 Å². The summed E-state index contributed by atoms with van der Waals surface area (Å²) in [4.78, 5) is 0. The van der Waals surface area contributed by atoms with Crippen molar-refractivity contribution in [2.45, 2.75) is 38.9 Å². The van der Waals surface area contributed by atoms with E-state index in [-0.39, 0.29) is 5.25 Å². The van der Waals surface area contributed by atoms with Gasteiger partial charge >= 0.3 is 0 Å². The largest absolute Gasteiger partial charge is 0.229 e. The first kappa shape index (κ1) is 10.0. The van der Waals surface area contributed by atoms with Crippen molar-refractivity contribution in [1.29, 1.82) is 0 Å². The Morgan fingerprint density at radius 1 is 1.25 bits per heavy atom. The molecule has 72 valence electrons. The molecule has 0 aromatic heterocycles. The van der Waals surface area contributed by atoms with Gasteiger partial charge in [-0.15, -0.1) is 0 Å². The summed E-state index contributed by atoms with van der Waals surface area (Å²) < 4.78 is 23.0. The predicted molar refractivity (Wildman–Crippen MR) is 50.8 cm³/mol. The minimum atomic E-state index is -2.76. The highest BCUT2D eigenvalue weighted by molar-refractivity contribution is 7.92. The number of rotatable bonds is 1.